The molecule has 3 aromatic rings. The molecule has 3 N–H and O–H groups in total. The lowest BCUT2D eigenvalue weighted by Gasteiger charge is -2.43. The van der Waals surface area contributed by atoms with Gasteiger partial charge in [0.1, 0.15) is 5.60 Å². The molecule has 1 aliphatic carbocycles. The van der Waals surface area contributed by atoms with Crippen LogP contribution in [0.2, 0.25) is 0 Å². The van der Waals surface area contributed by atoms with Crippen molar-refractivity contribution in [3.63, 3.8) is 0 Å². The van der Waals surface area contributed by atoms with Crippen LogP contribution in [0, 0.1) is 0 Å². The van der Waals surface area contributed by atoms with Gasteiger partial charge >= 0.3 is 12.4 Å². The minimum atomic E-state index is -4.90. The number of anilines is 1. The summed E-state index contributed by atoms with van der Waals surface area (Å²) in [6, 6.07) is 8.47. The summed E-state index contributed by atoms with van der Waals surface area (Å²) >= 11 is 0. The van der Waals surface area contributed by atoms with Gasteiger partial charge < -0.3 is 25.4 Å². The number of carbonyl (C=O) groups is 1. The molecule has 1 spiro atoms. The van der Waals surface area contributed by atoms with Crippen LogP contribution in [-0.2, 0) is 22.4 Å². The van der Waals surface area contributed by atoms with E-state index < -0.39 is 23.3 Å². The van der Waals surface area contributed by atoms with Gasteiger partial charge in [-0.1, -0.05) is 6.07 Å². The highest BCUT2D eigenvalue weighted by atomic mass is 19.4. The monoisotopic (exact) mass is 529 g/mol. The van der Waals surface area contributed by atoms with Gasteiger partial charge in [-0.15, -0.1) is 13.2 Å². The number of nitrogens with one attached hydrogen (secondary N) is 1. The lowest BCUT2D eigenvalue weighted by atomic mass is 9.74. The van der Waals surface area contributed by atoms with E-state index in [1.165, 1.54) is 12.3 Å². The zero-order valence-electron chi connectivity index (χ0n) is 20.4. The molecule has 3 aromatic heterocycles. The smallest absolute Gasteiger partial charge is 0.402 e. The molecule has 2 aliphatic heterocycles. The summed E-state index contributed by atoms with van der Waals surface area (Å²) in [5.74, 6) is -0.962. The van der Waals surface area contributed by atoms with Gasteiger partial charge in [0.25, 0.3) is 0 Å². The molecule has 0 aromatic carbocycles. The maximum absolute atomic E-state index is 13.4. The third-order valence-electron chi connectivity index (χ3n) is 7.56. The summed E-state index contributed by atoms with van der Waals surface area (Å²) in [7, 11) is 0. The minimum Gasteiger partial charge on any atom is -0.402 e. The lowest BCUT2D eigenvalue weighted by molar-refractivity contribution is -0.274. The molecular formula is C25H26F3N7O3. The van der Waals surface area contributed by atoms with Crippen molar-refractivity contribution in [2.45, 2.75) is 49.7 Å². The molecule has 0 unspecified atom stereocenters. The molecule has 2 fully saturated rings. The average molecular weight is 530 g/mol. The number of aromatic nitrogens is 4. The highest BCUT2D eigenvalue weighted by Gasteiger charge is 2.49. The molecule has 38 heavy (non-hydrogen) atoms. The predicted molar refractivity (Wildman–Crippen MR) is 129 cm³/mol. The number of rotatable bonds is 4. The van der Waals surface area contributed by atoms with Crippen LogP contribution < -0.4 is 15.8 Å². The second kappa shape index (κ2) is 8.86. The van der Waals surface area contributed by atoms with E-state index in [0.717, 1.165) is 30.7 Å². The van der Waals surface area contributed by atoms with Gasteiger partial charge in [0.05, 0.1) is 42.3 Å². The summed E-state index contributed by atoms with van der Waals surface area (Å²) in [6.07, 6.45) is 1.42. The molecule has 1 saturated heterocycles. The Morgan fingerprint density at radius 1 is 1.16 bits per heavy atom. The largest absolute Gasteiger partial charge is 0.573 e. The summed E-state index contributed by atoms with van der Waals surface area (Å²) in [6.45, 7) is 1.67. The van der Waals surface area contributed by atoms with E-state index in [0.29, 0.717) is 43.9 Å². The lowest BCUT2D eigenvalue weighted by Crippen LogP contribution is -2.55. The van der Waals surface area contributed by atoms with Crippen LogP contribution in [0.15, 0.2) is 42.7 Å². The summed E-state index contributed by atoms with van der Waals surface area (Å²) in [4.78, 5) is 23.4. The molecule has 1 atom stereocenters. The van der Waals surface area contributed by atoms with Gasteiger partial charge in [-0.2, -0.15) is 5.10 Å². The molecule has 5 heterocycles. The number of nitrogen functional groups attached to an aromatic ring is 1. The van der Waals surface area contributed by atoms with Gasteiger partial charge in [-0.05, 0) is 43.5 Å². The Kier molecular flexibility index (Phi) is 5.70. The Morgan fingerprint density at radius 2 is 2.00 bits per heavy atom. The molecule has 0 bridgehead atoms. The van der Waals surface area contributed by atoms with E-state index in [4.69, 9.17) is 10.5 Å². The number of hydrogen-bond donors (Lipinski definition) is 2. The maximum Gasteiger partial charge on any atom is 0.573 e. The molecular weight excluding hydrogens is 503 g/mol. The Bertz CT molecular complexity index is 1360. The number of nitrogens with zero attached hydrogens (tertiary/aromatic N) is 5. The first-order valence-electron chi connectivity index (χ1n) is 12.4. The number of hydrogen-bond acceptors (Lipinski definition) is 7. The summed E-state index contributed by atoms with van der Waals surface area (Å²) < 4.78 is 50.4. The third-order valence-corrected chi connectivity index (χ3v) is 7.56. The van der Waals surface area contributed by atoms with Crippen molar-refractivity contribution in [1.29, 1.82) is 0 Å². The third kappa shape index (κ3) is 4.30. The second-order valence-electron chi connectivity index (χ2n) is 9.89. The van der Waals surface area contributed by atoms with E-state index in [9.17, 15) is 18.0 Å². The number of ether oxygens (including phenoxy) is 2. The van der Waals surface area contributed by atoms with Gasteiger partial charge in [0, 0.05) is 30.9 Å². The number of fused-ring (bicyclic) bond motifs is 2. The van der Waals surface area contributed by atoms with Crippen molar-refractivity contribution < 1.29 is 27.4 Å². The first kappa shape index (κ1) is 24.5. The second-order valence-corrected chi connectivity index (χ2v) is 9.89. The zero-order chi connectivity index (χ0) is 26.5. The Labute approximate surface area is 215 Å². The molecule has 6 rings (SSSR count). The first-order chi connectivity index (χ1) is 18.2. The van der Waals surface area contributed by atoms with Crippen LogP contribution in [0.1, 0.15) is 37.1 Å². The van der Waals surface area contributed by atoms with Gasteiger partial charge in [0.2, 0.25) is 0 Å². The highest BCUT2D eigenvalue weighted by molar-refractivity contribution is 5.76. The average Bonchev–Trinajstić information content (AvgIpc) is 3.49. The number of pyridine rings is 2. The SMILES string of the molecule is Nc1ncc(-c2cc3n(n2)CCO[C@@]32CCN(C(=O)NC3(c4ccccn4)CCC3)C2)cc1OC(F)(F)F. The van der Waals surface area contributed by atoms with Gasteiger partial charge in [-0.3, -0.25) is 9.67 Å². The number of nitrogens with two attached hydrogens (primary N) is 1. The van der Waals surface area contributed by atoms with Gasteiger partial charge in [0.15, 0.2) is 11.6 Å². The number of halogens is 3. The molecule has 2 amide bonds. The maximum atomic E-state index is 13.4. The Hall–Kier alpha value is -3.87. The van der Waals surface area contributed by atoms with Crippen molar-refractivity contribution >= 4 is 11.8 Å². The van der Waals surface area contributed by atoms with E-state index >= 15 is 0 Å². The standard InChI is InChI=1S/C25H26F3N7O3/c26-25(27,28)38-18-12-16(14-31-21(18)29)17-13-20-24(37-11-10-35(20)33-17)7-9-34(15-24)22(36)32-23(5-3-6-23)19-4-1-2-8-30-19/h1-2,4,8,12-14H,3,5-7,9-11,15H2,(H2,29,31)(H,32,36)/t24-/m1/s1. The summed E-state index contributed by atoms with van der Waals surface area (Å²) in [5, 5.41) is 7.81. The number of urea groups is 1. The van der Waals surface area contributed by atoms with Gasteiger partial charge in [-0.25, -0.2) is 9.78 Å². The number of likely N-dealkylation sites (tertiary alicyclic amines) is 1. The number of amides is 2. The van der Waals surface area contributed by atoms with E-state index in [1.807, 2.05) is 18.2 Å². The van der Waals surface area contributed by atoms with Crippen LogP contribution >= 0.6 is 0 Å². The normalized spacial score (nSPS) is 22.1. The first-order valence-corrected chi connectivity index (χ1v) is 12.4. The Balaban J connectivity index is 1.23. The predicted octanol–water partition coefficient (Wildman–Crippen LogP) is 3.54. The fraction of sp³-hybridized carbons (Fsp3) is 0.440. The van der Waals surface area contributed by atoms with Crippen LogP contribution in [0.25, 0.3) is 11.3 Å². The molecule has 0 radical (unpaired) electrons. The van der Waals surface area contributed by atoms with Crippen molar-refractivity contribution in [3.8, 4) is 17.0 Å². The van der Waals surface area contributed by atoms with Crippen molar-refractivity contribution in [2.24, 2.45) is 0 Å². The fourth-order valence-corrected chi connectivity index (χ4v) is 5.49. The molecule has 13 heteroatoms. The minimum absolute atomic E-state index is 0.177. The van der Waals surface area contributed by atoms with Crippen LogP contribution in [-0.4, -0.2) is 56.7 Å². The zero-order valence-corrected chi connectivity index (χ0v) is 20.4. The molecule has 200 valence electrons. The molecule has 3 aliphatic rings. The number of carbonyl (C=O) groups excluding carboxylic acids is 1. The van der Waals surface area contributed by atoms with E-state index in [2.05, 4.69) is 25.1 Å². The molecule has 10 nitrogen and oxygen atoms in total. The topological polar surface area (TPSA) is 120 Å². The summed E-state index contributed by atoms with van der Waals surface area (Å²) in [5.41, 5.74) is 6.69. The quantitative estimate of drug-likeness (QED) is 0.530. The van der Waals surface area contributed by atoms with Crippen molar-refractivity contribution in [3.05, 3.63) is 54.1 Å². The molecule has 1 saturated carbocycles. The highest BCUT2D eigenvalue weighted by Crippen LogP contribution is 2.43. The van der Waals surface area contributed by atoms with E-state index in [1.54, 1.807) is 21.8 Å². The Morgan fingerprint density at radius 3 is 2.71 bits per heavy atom. The fourth-order valence-electron chi connectivity index (χ4n) is 5.49. The number of alkyl halides is 3. The van der Waals surface area contributed by atoms with E-state index in [-0.39, 0.29) is 11.8 Å². The van der Waals surface area contributed by atoms with Crippen LogP contribution in [0.5, 0.6) is 5.75 Å². The van der Waals surface area contributed by atoms with Crippen molar-refractivity contribution in [1.82, 2.24) is 30.0 Å². The van der Waals surface area contributed by atoms with Crippen molar-refractivity contribution in [2.75, 3.05) is 25.4 Å². The van der Waals surface area contributed by atoms with Crippen LogP contribution in [0.3, 0.4) is 0 Å². The van der Waals surface area contributed by atoms with Crippen LogP contribution in [0.4, 0.5) is 23.8 Å².